The number of carbonyl (C=O) groups excluding carboxylic acids is 1. The molecule has 108 valence electrons. The van der Waals surface area contributed by atoms with Crippen LogP contribution in [0.4, 0.5) is 11.4 Å². The molecule has 0 aliphatic carbocycles. The van der Waals surface area contributed by atoms with Crippen LogP contribution in [0.2, 0.25) is 5.02 Å². The summed E-state index contributed by atoms with van der Waals surface area (Å²) in [4.78, 5) is 24.4. The van der Waals surface area contributed by atoms with Crippen molar-refractivity contribution in [2.75, 3.05) is 25.5 Å². The zero-order valence-electron chi connectivity index (χ0n) is 11.1. The number of nitrogens with one attached hydrogen (secondary N) is 1. The average Bonchev–Trinajstić information content (AvgIpc) is 2.39. The average molecular weight is 298 g/mol. The van der Waals surface area contributed by atoms with Crippen LogP contribution in [0.1, 0.15) is 12.8 Å². The van der Waals surface area contributed by atoms with Gasteiger partial charge in [-0.15, -0.1) is 0 Å². The monoisotopic (exact) mass is 297 g/mol. The van der Waals surface area contributed by atoms with Gasteiger partial charge in [0.2, 0.25) is 5.91 Å². The van der Waals surface area contributed by atoms with Crippen molar-refractivity contribution < 1.29 is 9.72 Å². The lowest BCUT2D eigenvalue weighted by Gasteiger charge is -2.28. The lowest BCUT2D eigenvalue weighted by atomic mass is 9.96. The molecule has 7 heteroatoms. The van der Waals surface area contributed by atoms with Crippen molar-refractivity contribution in [2.24, 2.45) is 5.92 Å². The van der Waals surface area contributed by atoms with Crippen molar-refractivity contribution in [2.45, 2.75) is 12.8 Å². The highest BCUT2D eigenvalue weighted by molar-refractivity contribution is 6.33. The van der Waals surface area contributed by atoms with Crippen molar-refractivity contribution in [1.82, 2.24) is 4.90 Å². The van der Waals surface area contributed by atoms with E-state index in [0.717, 1.165) is 25.9 Å². The van der Waals surface area contributed by atoms with Crippen LogP contribution in [0, 0.1) is 16.0 Å². The van der Waals surface area contributed by atoms with Gasteiger partial charge in [-0.25, -0.2) is 0 Å². The number of rotatable bonds is 3. The normalized spacial score (nSPS) is 16.9. The fraction of sp³-hybridized carbons (Fsp3) is 0.462. The van der Waals surface area contributed by atoms with E-state index in [9.17, 15) is 14.9 Å². The molecule has 1 fully saturated rings. The van der Waals surface area contributed by atoms with Crippen LogP contribution < -0.4 is 5.32 Å². The summed E-state index contributed by atoms with van der Waals surface area (Å²) in [6.07, 6.45) is 1.64. The standard InChI is InChI=1S/C13H16ClN3O3/c1-16-6-4-9(5-7-16)13(18)15-10-2-3-12(17(19)20)11(14)8-10/h2-3,8-9H,4-7H2,1H3,(H,15,18). The van der Waals surface area contributed by atoms with Gasteiger partial charge in [-0.2, -0.15) is 0 Å². The third kappa shape index (κ3) is 3.46. The van der Waals surface area contributed by atoms with Gasteiger partial charge in [0.1, 0.15) is 5.02 Å². The van der Waals surface area contributed by atoms with Crippen molar-refractivity contribution >= 4 is 28.9 Å². The molecule has 1 heterocycles. The molecule has 0 saturated carbocycles. The molecule has 20 heavy (non-hydrogen) atoms. The van der Waals surface area contributed by atoms with Crippen LogP contribution in [0.25, 0.3) is 0 Å². The number of nitrogens with zero attached hydrogens (tertiary/aromatic N) is 2. The minimum Gasteiger partial charge on any atom is -0.326 e. The van der Waals surface area contributed by atoms with E-state index in [2.05, 4.69) is 10.2 Å². The maximum Gasteiger partial charge on any atom is 0.288 e. The first-order valence-electron chi connectivity index (χ1n) is 6.40. The summed E-state index contributed by atoms with van der Waals surface area (Å²) in [5, 5.41) is 13.5. The molecular weight excluding hydrogens is 282 g/mol. The number of amides is 1. The lowest BCUT2D eigenvalue weighted by Crippen LogP contribution is -2.35. The first-order valence-corrected chi connectivity index (χ1v) is 6.78. The summed E-state index contributed by atoms with van der Waals surface area (Å²) in [5.41, 5.74) is 0.327. The molecular formula is C13H16ClN3O3. The fourth-order valence-corrected chi connectivity index (χ4v) is 2.50. The number of anilines is 1. The van der Waals surface area contributed by atoms with E-state index >= 15 is 0 Å². The Balaban J connectivity index is 2.01. The van der Waals surface area contributed by atoms with Gasteiger partial charge in [-0.1, -0.05) is 11.6 Å². The van der Waals surface area contributed by atoms with Gasteiger partial charge in [0.15, 0.2) is 0 Å². The quantitative estimate of drug-likeness (QED) is 0.687. The van der Waals surface area contributed by atoms with E-state index in [0.29, 0.717) is 5.69 Å². The summed E-state index contributed by atoms with van der Waals surface area (Å²) < 4.78 is 0. The molecule has 0 atom stereocenters. The predicted molar refractivity (Wildman–Crippen MR) is 77.0 cm³/mol. The molecule has 1 aliphatic heterocycles. The predicted octanol–water partition coefficient (Wildman–Crippen LogP) is 2.53. The number of hydrogen-bond acceptors (Lipinski definition) is 4. The van der Waals surface area contributed by atoms with E-state index < -0.39 is 4.92 Å². The van der Waals surface area contributed by atoms with Crippen LogP contribution >= 0.6 is 11.6 Å². The van der Waals surface area contributed by atoms with Crippen LogP contribution in [-0.2, 0) is 4.79 Å². The third-order valence-corrected chi connectivity index (χ3v) is 3.80. The van der Waals surface area contributed by atoms with Crippen molar-refractivity contribution in [3.63, 3.8) is 0 Å². The highest BCUT2D eigenvalue weighted by Crippen LogP contribution is 2.28. The minimum absolute atomic E-state index is 0.0137. The highest BCUT2D eigenvalue weighted by Gasteiger charge is 2.23. The molecule has 1 saturated heterocycles. The first-order chi connectivity index (χ1) is 9.47. The molecule has 1 aliphatic rings. The van der Waals surface area contributed by atoms with Gasteiger partial charge in [-0.05, 0) is 45.1 Å². The second kappa shape index (κ2) is 6.19. The Morgan fingerprint density at radius 2 is 2.10 bits per heavy atom. The molecule has 2 rings (SSSR count). The molecule has 0 aromatic heterocycles. The highest BCUT2D eigenvalue weighted by atomic mass is 35.5. The number of halogens is 1. The van der Waals surface area contributed by atoms with Gasteiger partial charge >= 0.3 is 0 Å². The molecule has 6 nitrogen and oxygen atoms in total. The van der Waals surface area contributed by atoms with Crippen LogP contribution in [-0.4, -0.2) is 35.9 Å². The van der Waals surface area contributed by atoms with Crippen LogP contribution in [0.15, 0.2) is 18.2 Å². The molecule has 1 aromatic rings. The summed E-state index contributed by atoms with van der Waals surface area (Å²) in [7, 11) is 2.03. The minimum atomic E-state index is -0.551. The molecule has 1 amide bonds. The Bertz CT molecular complexity index is 528. The van der Waals surface area contributed by atoms with Gasteiger partial charge in [0.05, 0.1) is 4.92 Å². The maximum absolute atomic E-state index is 12.1. The van der Waals surface area contributed by atoms with E-state index in [1.807, 2.05) is 7.05 Å². The van der Waals surface area contributed by atoms with E-state index in [1.54, 1.807) is 0 Å². The van der Waals surface area contributed by atoms with Crippen LogP contribution in [0.3, 0.4) is 0 Å². The number of piperidine rings is 1. The number of hydrogen-bond donors (Lipinski definition) is 1. The molecule has 0 radical (unpaired) electrons. The summed E-state index contributed by atoms with van der Waals surface area (Å²) in [6, 6.07) is 4.20. The smallest absolute Gasteiger partial charge is 0.288 e. The zero-order chi connectivity index (χ0) is 14.7. The maximum atomic E-state index is 12.1. The molecule has 0 bridgehead atoms. The Hall–Kier alpha value is -1.66. The SMILES string of the molecule is CN1CCC(C(=O)Nc2ccc([N+](=O)[O-])c(Cl)c2)CC1. The van der Waals surface area contributed by atoms with Crippen molar-refractivity contribution in [3.05, 3.63) is 33.3 Å². The topological polar surface area (TPSA) is 75.5 Å². The zero-order valence-corrected chi connectivity index (χ0v) is 11.9. The van der Waals surface area contributed by atoms with E-state index in [-0.39, 0.29) is 22.5 Å². The summed E-state index contributed by atoms with van der Waals surface area (Å²) in [6.45, 7) is 1.80. The largest absolute Gasteiger partial charge is 0.326 e. The molecule has 0 spiro atoms. The van der Waals surface area contributed by atoms with E-state index in [4.69, 9.17) is 11.6 Å². The molecule has 1 aromatic carbocycles. The fourth-order valence-electron chi connectivity index (χ4n) is 2.25. The second-order valence-corrected chi connectivity index (χ2v) is 5.40. The number of likely N-dealkylation sites (tertiary alicyclic amines) is 1. The first kappa shape index (κ1) is 14.7. The van der Waals surface area contributed by atoms with Gasteiger partial charge in [0, 0.05) is 17.7 Å². The number of carbonyl (C=O) groups is 1. The Morgan fingerprint density at radius 1 is 1.45 bits per heavy atom. The second-order valence-electron chi connectivity index (χ2n) is 4.99. The number of benzene rings is 1. The van der Waals surface area contributed by atoms with Gasteiger partial charge in [0.25, 0.3) is 5.69 Å². The lowest BCUT2D eigenvalue weighted by molar-refractivity contribution is -0.384. The number of nitro groups is 1. The van der Waals surface area contributed by atoms with Crippen molar-refractivity contribution in [1.29, 1.82) is 0 Å². The van der Waals surface area contributed by atoms with Crippen molar-refractivity contribution in [3.8, 4) is 0 Å². The molecule has 1 N–H and O–H groups in total. The van der Waals surface area contributed by atoms with E-state index in [1.165, 1.54) is 18.2 Å². The third-order valence-electron chi connectivity index (χ3n) is 3.50. The Morgan fingerprint density at radius 3 is 2.65 bits per heavy atom. The summed E-state index contributed by atoms with van der Waals surface area (Å²) in [5.74, 6) is -0.0665. The summed E-state index contributed by atoms with van der Waals surface area (Å²) >= 11 is 5.81. The van der Waals surface area contributed by atoms with Crippen LogP contribution in [0.5, 0.6) is 0 Å². The number of nitro benzene ring substituents is 1. The Kier molecular flexibility index (Phi) is 4.57. The van der Waals surface area contributed by atoms with Gasteiger partial charge in [-0.3, -0.25) is 14.9 Å². The Labute approximate surface area is 121 Å². The van der Waals surface area contributed by atoms with Gasteiger partial charge < -0.3 is 10.2 Å². The molecule has 0 unspecified atom stereocenters.